The van der Waals surface area contributed by atoms with Crippen LogP contribution in [-0.2, 0) is 18.6 Å². The van der Waals surface area contributed by atoms with Gasteiger partial charge in [0.05, 0.1) is 11.9 Å². The van der Waals surface area contributed by atoms with Crippen LogP contribution < -0.4 is 10.9 Å². The summed E-state index contributed by atoms with van der Waals surface area (Å²) in [6.07, 6.45) is -1.95. The zero-order valence-electron chi connectivity index (χ0n) is 12.8. The second kappa shape index (κ2) is 5.61. The molecule has 1 N–H and O–H groups in total. The fourth-order valence-corrected chi connectivity index (χ4v) is 2.60. The van der Waals surface area contributed by atoms with Crippen molar-refractivity contribution in [2.75, 3.05) is 11.9 Å². The van der Waals surface area contributed by atoms with Gasteiger partial charge in [-0.25, -0.2) is 9.37 Å². The Balaban J connectivity index is 1.82. The van der Waals surface area contributed by atoms with Crippen LogP contribution in [0.1, 0.15) is 24.0 Å². The first-order valence-electron chi connectivity index (χ1n) is 7.34. The first-order valence-corrected chi connectivity index (χ1v) is 7.34. The maximum atomic E-state index is 13.6. The Hall–Kier alpha value is -2.38. The van der Waals surface area contributed by atoms with E-state index in [0.29, 0.717) is 30.3 Å². The van der Waals surface area contributed by atoms with Crippen molar-refractivity contribution in [1.29, 1.82) is 0 Å². The van der Waals surface area contributed by atoms with Gasteiger partial charge in [0.1, 0.15) is 11.6 Å². The Morgan fingerprint density at radius 1 is 1.25 bits per heavy atom. The zero-order valence-corrected chi connectivity index (χ0v) is 12.8. The molecule has 1 aromatic heterocycles. The number of aromatic nitrogens is 2. The number of hydrogen-bond donors (Lipinski definition) is 1. The molecule has 24 heavy (non-hydrogen) atoms. The summed E-state index contributed by atoms with van der Waals surface area (Å²) in [4.78, 5) is 15.6. The molecule has 1 saturated carbocycles. The number of nitrogens with zero attached hydrogens (tertiary/aromatic N) is 2. The standard InChI is InChI=1S/C16H15F4N3O/c1-23-9-22-13(7-14(23)24)21-8-15(2-3-15)10-4-11(16(18,19)20)6-12(17)5-10/h4-7,9,21H,2-3,8H2,1H3. The summed E-state index contributed by atoms with van der Waals surface area (Å²) in [7, 11) is 1.56. The van der Waals surface area contributed by atoms with Gasteiger partial charge >= 0.3 is 6.18 Å². The Morgan fingerprint density at radius 2 is 1.96 bits per heavy atom. The van der Waals surface area contributed by atoms with Gasteiger partial charge in [0.2, 0.25) is 0 Å². The lowest BCUT2D eigenvalue weighted by Crippen LogP contribution is -2.23. The van der Waals surface area contributed by atoms with Gasteiger partial charge in [-0.2, -0.15) is 13.2 Å². The monoisotopic (exact) mass is 341 g/mol. The van der Waals surface area contributed by atoms with E-state index in [9.17, 15) is 22.4 Å². The van der Waals surface area contributed by atoms with Crippen molar-refractivity contribution < 1.29 is 17.6 Å². The molecule has 0 atom stereocenters. The molecular formula is C16H15F4N3O. The highest BCUT2D eigenvalue weighted by atomic mass is 19.4. The lowest BCUT2D eigenvalue weighted by Gasteiger charge is -2.19. The van der Waals surface area contributed by atoms with Crippen LogP contribution in [0, 0.1) is 5.82 Å². The minimum atomic E-state index is -4.59. The highest BCUT2D eigenvalue weighted by Crippen LogP contribution is 2.49. The first-order chi connectivity index (χ1) is 11.2. The van der Waals surface area contributed by atoms with Gasteiger partial charge in [0.15, 0.2) is 0 Å². The average Bonchev–Trinajstić information content (AvgIpc) is 3.28. The van der Waals surface area contributed by atoms with Crippen molar-refractivity contribution in [3.63, 3.8) is 0 Å². The van der Waals surface area contributed by atoms with E-state index in [4.69, 9.17) is 0 Å². The fraction of sp³-hybridized carbons (Fsp3) is 0.375. The van der Waals surface area contributed by atoms with Crippen molar-refractivity contribution in [2.45, 2.75) is 24.4 Å². The van der Waals surface area contributed by atoms with E-state index in [0.717, 1.165) is 12.1 Å². The third kappa shape index (κ3) is 3.27. The molecule has 1 fully saturated rings. The number of nitrogens with one attached hydrogen (secondary N) is 1. The highest BCUT2D eigenvalue weighted by molar-refractivity contribution is 5.41. The third-order valence-electron chi connectivity index (χ3n) is 4.28. The topological polar surface area (TPSA) is 46.9 Å². The second-order valence-corrected chi connectivity index (χ2v) is 6.08. The number of halogens is 4. The molecule has 0 radical (unpaired) electrons. The van der Waals surface area contributed by atoms with E-state index in [1.165, 1.54) is 17.0 Å². The molecule has 0 aliphatic heterocycles. The van der Waals surface area contributed by atoms with E-state index in [-0.39, 0.29) is 12.1 Å². The molecular weight excluding hydrogens is 326 g/mol. The molecule has 8 heteroatoms. The molecule has 1 heterocycles. The molecule has 4 nitrogen and oxygen atoms in total. The van der Waals surface area contributed by atoms with Crippen LogP contribution in [0.4, 0.5) is 23.4 Å². The highest BCUT2D eigenvalue weighted by Gasteiger charge is 2.45. The largest absolute Gasteiger partial charge is 0.416 e. The van der Waals surface area contributed by atoms with Gasteiger partial charge in [-0.1, -0.05) is 0 Å². The quantitative estimate of drug-likeness (QED) is 0.870. The van der Waals surface area contributed by atoms with Crippen molar-refractivity contribution in [1.82, 2.24) is 9.55 Å². The molecule has 0 saturated heterocycles. The van der Waals surface area contributed by atoms with Crippen LogP contribution in [-0.4, -0.2) is 16.1 Å². The second-order valence-electron chi connectivity index (χ2n) is 6.08. The molecule has 0 unspecified atom stereocenters. The van der Waals surface area contributed by atoms with Gasteiger partial charge in [0.25, 0.3) is 5.56 Å². The summed E-state index contributed by atoms with van der Waals surface area (Å²) in [6, 6.07) is 3.94. The first kappa shape index (κ1) is 16.5. The van der Waals surface area contributed by atoms with Crippen LogP contribution in [0.3, 0.4) is 0 Å². The molecule has 1 aliphatic carbocycles. The lowest BCUT2D eigenvalue weighted by molar-refractivity contribution is -0.137. The Kier molecular flexibility index (Phi) is 3.85. The number of benzene rings is 1. The normalized spacial score (nSPS) is 16.0. The molecule has 2 aromatic rings. The van der Waals surface area contributed by atoms with Crippen molar-refractivity contribution >= 4 is 5.82 Å². The minimum Gasteiger partial charge on any atom is -0.369 e. The van der Waals surface area contributed by atoms with E-state index in [2.05, 4.69) is 10.3 Å². The smallest absolute Gasteiger partial charge is 0.369 e. The van der Waals surface area contributed by atoms with Crippen LogP contribution in [0.5, 0.6) is 0 Å². The summed E-state index contributed by atoms with van der Waals surface area (Å²) < 4.78 is 53.5. The van der Waals surface area contributed by atoms with Gasteiger partial charge in [-0.05, 0) is 36.6 Å². The van der Waals surface area contributed by atoms with Crippen molar-refractivity contribution in [3.8, 4) is 0 Å². The molecule has 0 spiro atoms. The molecule has 1 aliphatic rings. The fourth-order valence-electron chi connectivity index (χ4n) is 2.60. The van der Waals surface area contributed by atoms with Gasteiger partial charge in [0, 0.05) is 25.1 Å². The molecule has 128 valence electrons. The number of alkyl halides is 3. The lowest BCUT2D eigenvalue weighted by atomic mass is 9.94. The predicted molar refractivity (Wildman–Crippen MR) is 80.3 cm³/mol. The summed E-state index contributed by atoms with van der Waals surface area (Å²) in [6.45, 7) is 0.286. The van der Waals surface area contributed by atoms with Crippen LogP contribution in [0.25, 0.3) is 0 Å². The number of aryl methyl sites for hydroxylation is 1. The number of hydrogen-bond acceptors (Lipinski definition) is 3. The van der Waals surface area contributed by atoms with Crippen molar-refractivity contribution in [2.24, 2.45) is 7.05 Å². The van der Waals surface area contributed by atoms with Gasteiger partial charge in [-0.15, -0.1) is 0 Å². The van der Waals surface area contributed by atoms with E-state index >= 15 is 0 Å². The summed E-state index contributed by atoms with van der Waals surface area (Å²) in [5, 5.41) is 2.96. The summed E-state index contributed by atoms with van der Waals surface area (Å²) in [5.41, 5.74) is -1.49. The molecule has 0 bridgehead atoms. The van der Waals surface area contributed by atoms with Gasteiger partial charge in [-0.3, -0.25) is 4.79 Å². The Morgan fingerprint density at radius 3 is 2.54 bits per heavy atom. The zero-order chi connectivity index (χ0) is 17.5. The SMILES string of the molecule is Cn1cnc(NCC2(c3cc(F)cc(C(F)(F)F)c3)CC2)cc1=O. The molecule has 3 rings (SSSR count). The Labute approximate surface area is 135 Å². The van der Waals surface area contributed by atoms with E-state index in [1.54, 1.807) is 7.05 Å². The summed E-state index contributed by atoms with van der Waals surface area (Å²) in [5.74, 6) is -0.561. The minimum absolute atomic E-state index is 0.248. The average molecular weight is 341 g/mol. The Bertz CT molecular complexity index is 825. The molecule has 1 aromatic carbocycles. The van der Waals surface area contributed by atoms with E-state index in [1.807, 2.05) is 0 Å². The van der Waals surface area contributed by atoms with Crippen LogP contribution in [0.2, 0.25) is 0 Å². The number of rotatable bonds is 4. The summed E-state index contributed by atoms with van der Waals surface area (Å²) >= 11 is 0. The number of anilines is 1. The maximum absolute atomic E-state index is 13.6. The van der Waals surface area contributed by atoms with Crippen molar-refractivity contribution in [3.05, 3.63) is 57.9 Å². The van der Waals surface area contributed by atoms with Crippen LogP contribution >= 0.6 is 0 Å². The predicted octanol–water partition coefficient (Wildman–Crippen LogP) is 3.08. The third-order valence-corrected chi connectivity index (χ3v) is 4.28. The van der Waals surface area contributed by atoms with E-state index < -0.39 is 23.0 Å². The molecule has 0 amide bonds. The van der Waals surface area contributed by atoms with Gasteiger partial charge < -0.3 is 9.88 Å². The van der Waals surface area contributed by atoms with Crippen LogP contribution in [0.15, 0.2) is 35.4 Å². The maximum Gasteiger partial charge on any atom is 0.416 e.